The number of benzene rings is 1. The Balaban J connectivity index is 3.01. The molecule has 0 unspecified atom stereocenters. The molecular weight excluding hydrogens is 190 g/mol. The zero-order chi connectivity index (χ0) is 11.6. The molecule has 0 amide bonds. The van der Waals surface area contributed by atoms with Gasteiger partial charge in [0.2, 0.25) is 0 Å². The number of aryl methyl sites for hydroxylation is 2. The Morgan fingerprint density at radius 1 is 1.40 bits per heavy atom. The van der Waals surface area contributed by atoms with Crippen LogP contribution in [0.3, 0.4) is 0 Å². The number of carboxylic acids is 1. The van der Waals surface area contributed by atoms with Crippen molar-refractivity contribution >= 4 is 11.7 Å². The van der Waals surface area contributed by atoms with E-state index in [1.54, 1.807) is 18.9 Å². The molecule has 1 aromatic rings. The van der Waals surface area contributed by atoms with Gasteiger partial charge in [-0.25, -0.2) is 4.79 Å². The number of hydrogen-bond donors (Lipinski definition) is 1. The predicted molar refractivity (Wildman–Crippen MR) is 61.4 cm³/mol. The topological polar surface area (TPSA) is 40.5 Å². The number of carboxylic acid groups (broad SMARTS) is 1. The summed E-state index contributed by atoms with van der Waals surface area (Å²) in [5.74, 6) is -0.808. The molecule has 0 aliphatic carbocycles. The molecule has 0 fully saturated rings. The van der Waals surface area contributed by atoms with E-state index in [-0.39, 0.29) is 0 Å². The molecule has 0 radical (unpaired) electrons. The average molecular weight is 207 g/mol. The maximum absolute atomic E-state index is 10.9. The first-order valence-electron chi connectivity index (χ1n) is 4.96. The van der Waals surface area contributed by atoms with Gasteiger partial charge in [0.1, 0.15) is 6.04 Å². The minimum Gasteiger partial charge on any atom is -0.480 e. The van der Waals surface area contributed by atoms with Crippen molar-refractivity contribution in [3.63, 3.8) is 0 Å². The number of likely N-dealkylation sites (N-methyl/N-ethyl adjacent to an activating group) is 1. The van der Waals surface area contributed by atoms with E-state index in [1.165, 1.54) is 5.56 Å². The standard InChI is InChI=1S/C12H17NO2/c1-8-5-6-11(9(2)7-8)13(4)10(3)12(14)15/h5-7,10H,1-4H3,(H,14,15)/t10-/m1/s1. The third-order valence-corrected chi connectivity index (χ3v) is 2.67. The van der Waals surface area contributed by atoms with Crippen molar-refractivity contribution in [2.45, 2.75) is 26.8 Å². The van der Waals surface area contributed by atoms with E-state index in [1.807, 2.05) is 26.0 Å². The summed E-state index contributed by atoms with van der Waals surface area (Å²) in [6.07, 6.45) is 0. The van der Waals surface area contributed by atoms with Crippen LogP contribution in [-0.4, -0.2) is 24.2 Å². The fourth-order valence-corrected chi connectivity index (χ4v) is 1.58. The van der Waals surface area contributed by atoms with Crippen molar-refractivity contribution < 1.29 is 9.90 Å². The molecule has 0 saturated heterocycles. The monoisotopic (exact) mass is 207 g/mol. The molecule has 0 bridgehead atoms. The van der Waals surface area contributed by atoms with Gasteiger partial charge in [0, 0.05) is 12.7 Å². The molecule has 1 atom stereocenters. The van der Waals surface area contributed by atoms with Crippen LogP contribution in [0.1, 0.15) is 18.1 Å². The predicted octanol–water partition coefficient (Wildman–Crippen LogP) is 2.21. The van der Waals surface area contributed by atoms with Crippen LogP contribution >= 0.6 is 0 Å². The first-order valence-corrected chi connectivity index (χ1v) is 4.96. The maximum Gasteiger partial charge on any atom is 0.326 e. The second kappa shape index (κ2) is 4.34. The minimum absolute atomic E-state index is 0.508. The molecule has 0 heterocycles. The molecule has 82 valence electrons. The molecule has 0 aromatic heterocycles. The highest BCUT2D eigenvalue weighted by Gasteiger charge is 2.18. The van der Waals surface area contributed by atoms with Crippen LogP contribution in [0.4, 0.5) is 5.69 Å². The molecule has 1 N–H and O–H groups in total. The summed E-state index contributed by atoms with van der Waals surface area (Å²) >= 11 is 0. The molecule has 15 heavy (non-hydrogen) atoms. The summed E-state index contributed by atoms with van der Waals surface area (Å²) in [6, 6.07) is 5.50. The molecule has 0 aliphatic heterocycles. The van der Waals surface area contributed by atoms with Crippen LogP contribution in [0, 0.1) is 13.8 Å². The van der Waals surface area contributed by atoms with Gasteiger partial charge in [-0.3, -0.25) is 0 Å². The minimum atomic E-state index is -0.808. The number of nitrogens with zero attached hydrogens (tertiary/aromatic N) is 1. The van der Waals surface area contributed by atoms with E-state index in [4.69, 9.17) is 5.11 Å². The van der Waals surface area contributed by atoms with Crippen LogP contribution in [0.15, 0.2) is 18.2 Å². The SMILES string of the molecule is Cc1ccc(N(C)[C@H](C)C(=O)O)c(C)c1. The number of anilines is 1. The Morgan fingerprint density at radius 2 is 2.00 bits per heavy atom. The van der Waals surface area contributed by atoms with Crippen molar-refractivity contribution in [1.82, 2.24) is 0 Å². The van der Waals surface area contributed by atoms with Crippen LogP contribution in [-0.2, 0) is 4.79 Å². The lowest BCUT2D eigenvalue weighted by atomic mass is 10.1. The second-order valence-electron chi connectivity index (χ2n) is 3.92. The van der Waals surface area contributed by atoms with Crippen LogP contribution in [0.25, 0.3) is 0 Å². The summed E-state index contributed by atoms with van der Waals surface area (Å²) < 4.78 is 0. The van der Waals surface area contributed by atoms with Gasteiger partial charge in [-0.15, -0.1) is 0 Å². The lowest BCUT2D eigenvalue weighted by molar-refractivity contribution is -0.138. The molecule has 0 aliphatic rings. The Hall–Kier alpha value is -1.51. The van der Waals surface area contributed by atoms with Gasteiger partial charge < -0.3 is 10.0 Å². The summed E-state index contributed by atoms with van der Waals surface area (Å²) in [5.41, 5.74) is 3.26. The lowest BCUT2D eigenvalue weighted by Crippen LogP contribution is -2.36. The fourth-order valence-electron chi connectivity index (χ4n) is 1.58. The van der Waals surface area contributed by atoms with Gasteiger partial charge in [0.15, 0.2) is 0 Å². The summed E-state index contributed by atoms with van der Waals surface area (Å²) in [7, 11) is 1.80. The average Bonchev–Trinajstić information content (AvgIpc) is 2.15. The Bertz CT molecular complexity index is 374. The zero-order valence-electron chi connectivity index (χ0n) is 9.61. The van der Waals surface area contributed by atoms with Gasteiger partial charge in [-0.05, 0) is 32.4 Å². The van der Waals surface area contributed by atoms with Crippen LogP contribution in [0.2, 0.25) is 0 Å². The van der Waals surface area contributed by atoms with E-state index in [2.05, 4.69) is 6.07 Å². The third kappa shape index (κ3) is 2.49. The van der Waals surface area contributed by atoms with Gasteiger partial charge in [0.05, 0.1) is 0 Å². The summed E-state index contributed by atoms with van der Waals surface area (Å²) in [6.45, 7) is 5.70. The van der Waals surface area contributed by atoms with Crippen molar-refractivity contribution in [1.29, 1.82) is 0 Å². The Morgan fingerprint density at radius 3 is 2.47 bits per heavy atom. The molecule has 1 aromatic carbocycles. The van der Waals surface area contributed by atoms with E-state index in [0.29, 0.717) is 0 Å². The molecule has 3 nitrogen and oxygen atoms in total. The van der Waals surface area contributed by atoms with Gasteiger partial charge in [-0.1, -0.05) is 17.7 Å². The quantitative estimate of drug-likeness (QED) is 0.826. The number of rotatable bonds is 3. The second-order valence-corrected chi connectivity index (χ2v) is 3.92. The molecule has 3 heteroatoms. The van der Waals surface area contributed by atoms with Gasteiger partial charge >= 0.3 is 5.97 Å². The Kier molecular flexibility index (Phi) is 3.35. The third-order valence-electron chi connectivity index (χ3n) is 2.67. The highest BCUT2D eigenvalue weighted by molar-refractivity contribution is 5.78. The maximum atomic E-state index is 10.9. The summed E-state index contributed by atoms with van der Waals surface area (Å²) in [4.78, 5) is 12.6. The van der Waals surface area contributed by atoms with Gasteiger partial charge in [-0.2, -0.15) is 0 Å². The molecule has 0 saturated carbocycles. The van der Waals surface area contributed by atoms with Gasteiger partial charge in [0.25, 0.3) is 0 Å². The van der Waals surface area contributed by atoms with Crippen molar-refractivity contribution in [3.05, 3.63) is 29.3 Å². The van der Waals surface area contributed by atoms with Crippen LogP contribution in [0.5, 0.6) is 0 Å². The normalized spacial score (nSPS) is 12.3. The molecule has 0 spiro atoms. The zero-order valence-corrected chi connectivity index (χ0v) is 9.61. The van der Waals surface area contributed by atoms with E-state index >= 15 is 0 Å². The van der Waals surface area contributed by atoms with Crippen molar-refractivity contribution in [2.24, 2.45) is 0 Å². The van der Waals surface area contributed by atoms with E-state index in [0.717, 1.165) is 11.3 Å². The number of aliphatic carboxylic acids is 1. The van der Waals surface area contributed by atoms with E-state index < -0.39 is 12.0 Å². The van der Waals surface area contributed by atoms with E-state index in [9.17, 15) is 4.79 Å². The number of carbonyl (C=O) groups is 1. The first-order chi connectivity index (χ1) is 6.93. The smallest absolute Gasteiger partial charge is 0.326 e. The summed E-state index contributed by atoms with van der Waals surface area (Å²) in [5, 5.41) is 8.92. The van der Waals surface area contributed by atoms with Crippen molar-refractivity contribution in [2.75, 3.05) is 11.9 Å². The molecular formula is C12H17NO2. The van der Waals surface area contributed by atoms with Crippen LogP contribution < -0.4 is 4.90 Å². The first kappa shape index (κ1) is 11.6. The lowest BCUT2D eigenvalue weighted by Gasteiger charge is -2.25. The highest BCUT2D eigenvalue weighted by Crippen LogP contribution is 2.21. The number of hydrogen-bond acceptors (Lipinski definition) is 2. The Labute approximate surface area is 90.3 Å². The highest BCUT2D eigenvalue weighted by atomic mass is 16.4. The fraction of sp³-hybridized carbons (Fsp3) is 0.417. The molecule has 1 rings (SSSR count). The largest absolute Gasteiger partial charge is 0.480 e. The van der Waals surface area contributed by atoms with Crippen molar-refractivity contribution in [3.8, 4) is 0 Å².